The monoisotopic (exact) mass is 300 g/mol. The molecule has 1 amide bonds. The summed E-state index contributed by atoms with van der Waals surface area (Å²) < 4.78 is 26.4. The van der Waals surface area contributed by atoms with Gasteiger partial charge in [0.2, 0.25) is 0 Å². The molecule has 0 aliphatic carbocycles. The number of nitrogens with zero attached hydrogens (tertiary/aromatic N) is 1. The maximum atomic E-state index is 13.4. The van der Waals surface area contributed by atoms with Crippen LogP contribution in [-0.2, 0) is 0 Å². The highest BCUT2D eigenvalue weighted by molar-refractivity contribution is 5.99. The van der Waals surface area contributed by atoms with E-state index in [2.05, 4.69) is 10.5 Å². The number of halogens is 2. The van der Waals surface area contributed by atoms with Crippen LogP contribution < -0.4 is 5.43 Å². The molecule has 0 aliphatic heterocycles. The van der Waals surface area contributed by atoms with Crippen molar-refractivity contribution >= 4 is 17.7 Å². The molecule has 0 spiro atoms. The van der Waals surface area contributed by atoms with Gasteiger partial charge in [-0.15, -0.1) is 0 Å². The van der Waals surface area contributed by atoms with Gasteiger partial charge in [0.05, 0.1) is 5.71 Å². The SMILES string of the molecule is CC(/C=C/c1ccccc1F)=NNC(=O)c1cccc(F)c1. The summed E-state index contributed by atoms with van der Waals surface area (Å²) in [5.74, 6) is -1.35. The Morgan fingerprint density at radius 3 is 2.64 bits per heavy atom. The molecule has 0 radical (unpaired) electrons. The zero-order chi connectivity index (χ0) is 15.9. The summed E-state index contributed by atoms with van der Waals surface area (Å²) in [6.45, 7) is 1.66. The summed E-state index contributed by atoms with van der Waals surface area (Å²) in [6.07, 6.45) is 3.13. The minimum Gasteiger partial charge on any atom is -0.267 e. The van der Waals surface area contributed by atoms with Gasteiger partial charge in [-0.25, -0.2) is 14.2 Å². The second-order valence-electron chi connectivity index (χ2n) is 4.56. The van der Waals surface area contributed by atoms with Crippen LogP contribution in [0.1, 0.15) is 22.8 Å². The Balaban J connectivity index is 2.01. The number of nitrogens with one attached hydrogen (secondary N) is 1. The first-order chi connectivity index (χ1) is 10.6. The Hall–Kier alpha value is -2.82. The van der Waals surface area contributed by atoms with E-state index in [1.165, 1.54) is 24.3 Å². The second kappa shape index (κ2) is 7.26. The molecule has 0 aromatic heterocycles. The van der Waals surface area contributed by atoms with E-state index in [0.29, 0.717) is 11.3 Å². The lowest BCUT2D eigenvalue weighted by Crippen LogP contribution is -2.18. The molecule has 3 nitrogen and oxygen atoms in total. The molecule has 0 saturated heterocycles. The van der Waals surface area contributed by atoms with E-state index in [1.54, 1.807) is 37.3 Å². The fourth-order valence-corrected chi connectivity index (χ4v) is 1.69. The topological polar surface area (TPSA) is 41.5 Å². The van der Waals surface area contributed by atoms with Crippen molar-refractivity contribution < 1.29 is 13.6 Å². The Labute approximate surface area is 127 Å². The molecule has 0 bridgehead atoms. The largest absolute Gasteiger partial charge is 0.271 e. The van der Waals surface area contributed by atoms with Crippen molar-refractivity contribution in [3.8, 4) is 0 Å². The van der Waals surface area contributed by atoms with Crippen LogP contribution in [0.5, 0.6) is 0 Å². The molecule has 1 N–H and O–H groups in total. The molecule has 0 heterocycles. The number of carbonyl (C=O) groups is 1. The van der Waals surface area contributed by atoms with Gasteiger partial charge in [0.15, 0.2) is 0 Å². The molecular formula is C17H14F2N2O. The van der Waals surface area contributed by atoms with Crippen molar-refractivity contribution in [2.45, 2.75) is 6.92 Å². The van der Waals surface area contributed by atoms with Crippen molar-refractivity contribution in [3.63, 3.8) is 0 Å². The lowest BCUT2D eigenvalue weighted by molar-refractivity contribution is 0.0954. The molecule has 0 unspecified atom stereocenters. The Morgan fingerprint density at radius 1 is 1.14 bits per heavy atom. The zero-order valence-electron chi connectivity index (χ0n) is 11.9. The molecule has 0 saturated carbocycles. The number of hydrogen-bond acceptors (Lipinski definition) is 2. The maximum absolute atomic E-state index is 13.4. The summed E-state index contributed by atoms with van der Waals surface area (Å²) in [5, 5.41) is 3.86. The molecule has 0 fully saturated rings. The Kier molecular flexibility index (Phi) is 5.14. The first-order valence-corrected chi connectivity index (χ1v) is 6.59. The predicted molar refractivity (Wildman–Crippen MR) is 82.4 cm³/mol. The molecule has 0 aliphatic rings. The third kappa shape index (κ3) is 4.34. The standard InChI is InChI=1S/C17H14F2N2O/c1-12(9-10-13-5-2-3-8-16(13)19)20-21-17(22)14-6-4-7-15(18)11-14/h2-11H,1H3,(H,21,22)/b10-9+,20-12?. The van der Waals surface area contributed by atoms with Crippen molar-refractivity contribution in [1.82, 2.24) is 5.43 Å². The van der Waals surface area contributed by atoms with Crippen LogP contribution in [0.4, 0.5) is 8.78 Å². The van der Waals surface area contributed by atoms with E-state index in [-0.39, 0.29) is 11.4 Å². The number of benzene rings is 2. The van der Waals surface area contributed by atoms with E-state index in [0.717, 1.165) is 6.07 Å². The van der Waals surface area contributed by atoms with Crippen molar-refractivity contribution in [3.05, 3.63) is 77.4 Å². The molecular weight excluding hydrogens is 286 g/mol. The number of hydrogen-bond donors (Lipinski definition) is 1. The van der Waals surface area contributed by atoms with Gasteiger partial charge in [0.25, 0.3) is 5.91 Å². The quantitative estimate of drug-likeness (QED) is 0.677. The first-order valence-electron chi connectivity index (χ1n) is 6.59. The molecule has 2 aromatic carbocycles. The lowest BCUT2D eigenvalue weighted by Gasteiger charge is -2.00. The summed E-state index contributed by atoms with van der Waals surface area (Å²) in [4.78, 5) is 11.8. The molecule has 0 atom stereocenters. The molecule has 112 valence electrons. The highest BCUT2D eigenvalue weighted by Crippen LogP contribution is 2.08. The van der Waals surface area contributed by atoms with E-state index >= 15 is 0 Å². The van der Waals surface area contributed by atoms with Gasteiger partial charge in [0.1, 0.15) is 11.6 Å². The maximum Gasteiger partial charge on any atom is 0.271 e. The molecule has 5 heteroatoms. The minimum absolute atomic E-state index is 0.176. The zero-order valence-corrected chi connectivity index (χ0v) is 11.9. The van der Waals surface area contributed by atoms with Crippen molar-refractivity contribution in [1.29, 1.82) is 0 Å². The predicted octanol–water partition coefficient (Wildman–Crippen LogP) is 3.78. The summed E-state index contributed by atoms with van der Waals surface area (Å²) in [7, 11) is 0. The minimum atomic E-state index is -0.516. The van der Waals surface area contributed by atoms with E-state index in [1.807, 2.05) is 0 Å². The lowest BCUT2D eigenvalue weighted by atomic mass is 10.2. The number of rotatable bonds is 4. The molecule has 2 aromatic rings. The van der Waals surface area contributed by atoms with Crippen LogP contribution in [0.3, 0.4) is 0 Å². The summed E-state index contributed by atoms with van der Waals surface area (Å²) >= 11 is 0. The van der Waals surface area contributed by atoms with Gasteiger partial charge >= 0.3 is 0 Å². The van der Waals surface area contributed by atoms with Crippen LogP contribution >= 0.6 is 0 Å². The number of hydrazone groups is 1. The van der Waals surface area contributed by atoms with Crippen LogP contribution in [-0.4, -0.2) is 11.6 Å². The third-order valence-corrected chi connectivity index (χ3v) is 2.83. The molecule has 22 heavy (non-hydrogen) atoms. The average Bonchev–Trinajstić information content (AvgIpc) is 2.52. The van der Waals surface area contributed by atoms with Gasteiger partial charge in [-0.05, 0) is 37.3 Å². The number of carbonyl (C=O) groups excluding carboxylic acids is 1. The fourth-order valence-electron chi connectivity index (χ4n) is 1.69. The van der Waals surface area contributed by atoms with E-state index in [4.69, 9.17) is 0 Å². The highest BCUT2D eigenvalue weighted by atomic mass is 19.1. The summed E-state index contributed by atoms with van der Waals surface area (Å²) in [6, 6.07) is 11.6. The van der Waals surface area contributed by atoms with Gasteiger partial charge < -0.3 is 0 Å². The van der Waals surface area contributed by atoms with Crippen molar-refractivity contribution in [2.24, 2.45) is 5.10 Å². The van der Waals surface area contributed by atoms with Gasteiger partial charge in [-0.1, -0.05) is 30.3 Å². The third-order valence-electron chi connectivity index (χ3n) is 2.83. The Morgan fingerprint density at radius 2 is 1.91 bits per heavy atom. The Bertz CT molecular complexity index is 739. The number of allylic oxidation sites excluding steroid dienone is 1. The number of amides is 1. The average molecular weight is 300 g/mol. The van der Waals surface area contributed by atoms with E-state index in [9.17, 15) is 13.6 Å². The van der Waals surface area contributed by atoms with Crippen molar-refractivity contribution in [2.75, 3.05) is 0 Å². The van der Waals surface area contributed by atoms with Gasteiger partial charge in [0, 0.05) is 11.1 Å². The fraction of sp³-hybridized carbons (Fsp3) is 0.0588. The van der Waals surface area contributed by atoms with E-state index < -0.39 is 11.7 Å². The second-order valence-corrected chi connectivity index (χ2v) is 4.56. The van der Waals surface area contributed by atoms with Gasteiger partial charge in [-0.2, -0.15) is 5.10 Å². The van der Waals surface area contributed by atoms with Crippen LogP contribution in [0.2, 0.25) is 0 Å². The normalized spacial score (nSPS) is 11.7. The van der Waals surface area contributed by atoms with Crippen LogP contribution in [0.25, 0.3) is 6.08 Å². The van der Waals surface area contributed by atoms with Crippen LogP contribution in [0, 0.1) is 11.6 Å². The summed E-state index contributed by atoms with van der Waals surface area (Å²) in [5.41, 5.74) is 3.39. The first kappa shape index (κ1) is 15.6. The van der Waals surface area contributed by atoms with Gasteiger partial charge in [-0.3, -0.25) is 4.79 Å². The molecule has 2 rings (SSSR count). The highest BCUT2D eigenvalue weighted by Gasteiger charge is 2.04. The van der Waals surface area contributed by atoms with Crippen LogP contribution in [0.15, 0.2) is 59.7 Å². The smallest absolute Gasteiger partial charge is 0.267 e.